The first kappa shape index (κ1) is 20.9. The van der Waals surface area contributed by atoms with Gasteiger partial charge in [-0.15, -0.1) is 0 Å². The van der Waals surface area contributed by atoms with Crippen LogP contribution in [0.25, 0.3) is 0 Å². The summed E-state index contributed by atoms with van der Waals surface area (Å²) in [5, 5.41) is 2.79. The van der Waals surface area contributed by atoms with E-state index < -0.39 is 0 Å². The number of ether oxygens (including phenoxy) is 3. The number of aryl methyl sites for hydroxylation is 1. The highest BCUT2D eigenvalue weighted by atomic mass is 16.7. The first-order valence-electron chi connectivity index (χ1n) is 10.9. The molecule has 5 rings (SSSR count). The van der Waals surface area contributed by atoms with E-state index in [0.717, 1.165) is 11.1 Å². The topological polar surface area (TPSA) is 77.1 Å². The highest BCUT2D eigenvalue weighted by Crippen LogP contribution is 2.34. The molecule has 3 aromatic rings. The predicted molar refractivity (Wildman–Crippen MR) is 123 cm³/mol. The van der Waals surface area contributed by atoms with Gasteiger partial charge in [-0.2, -0.15) is 0 Å². The van der Waals surface area contributed by atoms with Crippen LogP contribution in [-0.2, 0) is 17.8 Å². The summed E-state index contributed by atoms with van der Waals surface area (Å²) in [5.74, 6) is 1.50. The van der Waals surface area contributed by atoms with E-state index in [2.05, 4.69) is 29.6 Å². The van der Waals surface area contributed by atoms with Gasteiger partial charge >= 0.3 is 0 Å². The van der Waals surface area contributed by atoms with E-state index in [0.29, 0.717) is 48.0 Å². The first-order chi connectivity index (χ1) is 16.1. The van der Waals surface area contributed by atoms with Gasteiger partial charge in [-0.1, -0.05) is 35.9 Å². The Morgan fingerprint density at radius 1 is 1.06 bits per heavy atom. The van der Waals surface area contributed by atoms with Crippen LogP contribution in [0, 0.1) is 6.92 Å². The second kappa shape index (κ2) is 8.86. The molecule has 0 saturated carbocycles. The number of hydrogen-bond donors (Lipinski definition) is 1. The third-order valence-electron chi connectivity index (χ3n) is 5.79. The summed E-state index contributed by atoms with van der Waals surface area (Å²) in [4.78, 5) is 27.3. The highest BCUT2D eigenvalue weighted by Gasteiger charge is 2.27. The first-order valence-corrected chi connectivity index (χ1v) is 10.9. The third kappa shape index (κ3) is 4.48. The van der Waals surface area contributed by atoms with Crippen molar-refractivity contribution in [1.82, 2.24) is 4.90 Å². The molecule has 3 aromatic carbocycles. The standard InChI is InChI=1S/C26H24N2O5/c1-17-5-7-18(8-6-17)14-28-12-11-20-21(26(28)30)3-2-4-22(20)31-15-25(29)27-19-9-10-23-24(13-19)33-16-32-23/h2-10,13H,11-12,14-16H2,1H3,(H,27,29). The second-order valence-electron chi connectivity index (χ2n) is 8.15. The minimum absolute atomic E-state index is 0.0212. The van der Waals surface area contributed by atoms with Gasteiger partial charge < -0.3 is 24.4 Å². The van der Waals surface area contributed by atoms with Crippen LogP contribution in [0.15, 0.2) is 60.7 Å². The van der Waals surface area contributed by atoms with Crippen molar-refractivity contribution in [3.05, 3.63) is 82.9 Å². The SMILES string of the molecule is Cc1ccc(CN2CCc3c(OCC(=O)Nc4ccc5c(c4)OCO5)cccc3C2=O)cc1. The summed E-state index contributed by atoms with van der Waals surface area (Å²) in [6.45, 7) is 3.23. The number of anilines is 1. The number of hydrogen-bond acceptors (Lipinski definition) is 5. The summed E-state index contributed by atoms with van der Waals surface area (Å²) in [7, 11) is 0. The molecule has 7 heteroatoms. The summed E-state index contributed by atoms with van der Waals surface area (Å²) < 4.78 is 16.4. The fourth-order valence-electron chi connectivity index (χ4n) is 4.06. The van der Waals surface area contributed by atoms with Gasteiger partial charge in [0, 0.05) is 36.0 Å². The lowest BCUT2D eigenvalue weighted by Crippen LogP contribution is -2.37. The zero-order valence-corrected chi connectivity index (χ0v) is 18.3. The number of nitrogens with one attached hydrogen (secondary N) is 1. The molecule has 1 N–H and O–H groups in total. The summed E-state index contributed by atoms with van der Waals surface area (Å²) in [6, 6.07) is 18.8. The second-order valence-corrected chi connectivity index (χ2v) is 8.15. The smallest absolute Gasteiger partial charge is 0.262 e. The molecule has 0 unspecified atom stereocenters. The monoisotopic (exact) mass is 444 g/mol. The van der Waals surface area contributed by atoms with Crippen molar-refractivity contribution >= 4 is 17.5 Å². The van der Waals surface area contributed by atoms with Gasteiger partial charge in [0.25, 0.3) is 11.8 Å². The Morgan fingerprint density at radius 2 is 1.88 bits per heavy atom. The lowest BCUT2D eigenvalue weighted by molar-refractivity contribution is -0.118. The van der Waals surface area contributed by atoms with E-state index in [-0.39, 0.29) is 25.2 Å². The maximum atomic E-state index is 13.1. The van der Waals surface area contributed by atoms with Crippen molar-refractivity contribution in [2.45, 2.75) is 19.9 Å². The number of carbonyl (C=O) groups is 2. The van der Waals surface area contributed by atoms with Crippen molar-refractivity contribution < 1.29 is 23.8 Å². The quantitative estimate of drug-likeness (QED) is 0.623. The number of benzene rings is 3. The third-order valence-corrected chi connectivity index (χ3v) is 5.79. The van der Waals surface area contributed by atoms with E-state index in [1.54, 1.807) is 30.3 Å². The molecule has 0 aliphatic carbocycles. The number of fused-ring (bicyclic) bond motifs is 2. The Hall–Kier alpha value is -4.00. The average molecular weight is 444 g/mol. The Balaban J connectivity index is 1.23. The van der Waals surface area contributed by atoms with Crippen LogP contribution in [0.1, 0.15) is 27.0 Å². The number of amides is 2. The van der Waals surface area contributed by atoms with Gasteiger partial charge in [0.1, 0.15) is 5.75 Å². The Bertz CT molecular complexity index is 1210. The molecule has 2 aliphatic rings. The molecule has 0 spiro atoms. The molecule has 0 bridgehead atoms. The Labute approximate surface area is 191 Å². The van der Waals surface area contributed by atoms with Crippen LogP contribution in [0.4, 0.5) is 5.69 Å². The molecule has 0 radical (unpaired) electrons. The number of carbonyl (C=O) groups excluding carboxylic acids is 2. The van der Waals surface area contributed by atoms with Crippen LogP contribution in [0.2, 0.25) is 0 Å². The molecular weight excluding hydrogens is 420 g/mol. The summed E-state index contributed by atoms with van der Waals surface area (Å²) >= 11 is 0. The zero-order chi connectivity index (χ0) is 22.8. The molecular formula is C26H24N2O5. The molecule has 2 amide bonds. The summed E-state index contributed by atoms with van der Waals surface area (Å²) in [6.07, 6.45) is 0.674. The molecule has 2 heterocycles. The number of rotatable bonds is 6. The maximum absolute atomic E-state index is 13.1. The van der Waals surface area contributed by atoms with Gasteiger partial charge in [0.2, 0.25) is 6.79 Å². The average Bonchev–Trinajstić information content (AvgIpc) is 3.29. The normalized spacial score (nSPS) is 14.1. The van der Waals surface area contributed by atoms with Crippen molar-refractivity contribution in [3.8, 4) is 17.2 Å². The van der Waals surface area contributed by atoms with E-state index in [4.69, 9.17) is 14.2 Å². The van der Waals surface area contributed by atoms with Gasteiger partial charge in [0.05, 0.1) is 0 Å². The molecule has 0 fully saturated rings. The van der Waals surface area contributed by atoms with Crippen molar-refractivity contribution in [2.75, 3.05) is 25.3 Å². The molecule has 0 aromatic heterocycles. The van der Waals surface area contributed by atoms with E-state index in [1.165, 1.54) is 5.56 Å². The fraction of sp³-hybridized carbons (Fsp3) is 0.231. The van der Waals surface area contributed by atoms with E-state index in [1.807, 2.05) is 17.9 Å². The zero-order valence-electron chi connectivity index (χ0n) is 18.3. The molecule has 33 heavy (non-hydrogen) atoms. The molecule has 0 saturated heterocycles. The molecule has 168 valence electrons. The largest absolute Gasteiger partial charge is 0.483 e. The van der Waals surface area contributed by atoms with Gasteiger partial charge in [0.15, 0.2) is 18.1 Å². The molecule has 2 aliphatic heterocycles. The number of nitrogens with zero attached hydrogens (tertiary/aromatic N) is 1. The van der Waals surface area contributed by atoms with Crippen molar-refractivity contribution in [2.24, 2.45) is 0 Å². The Kier molecular flexibility index (Phi) is 5.60. The van der Waals surface area contributed by atoms with E-state index in [9.17, 15) is 9.59 Å². The van der Waals surface area contributed by atoms with Crippen LogP contribution >= 0.6 is 0 Å². The minimum atomic E-state index is -0.297. The van der Waals surface area contributed by atoms with Gasteiger partial charge in [-0.25, -0.2) is 0 Å². The Morgan fingerprint density at radius 3 is 2.73 bits per heavy atom. The lowest BCUT2D eigenvalue weighted by Gasteiger charge is -2.29. The fourth-order valence-corrected chi connectivity index (χ4v) is 4.06. The minimum Gasteiger partial charge on any atom is -0.483 e. The van der Waals surface area contributed by atoms with E-state index >= 15 is 0 Å². The van der Waals surface area contributed by atoms with Crippen molar-refractivity contribution in [3.63, 3.8) is 0 Å². The highest BCUT2D eigenvalue weighted by molar-refractivity contribution is 5.97. The van der Waals surface area contributed by atoms with Gasteiger partial charge in [-0.3, -0.25) is 9.59 Å². The predicted octanol–water partition coefficient (Wildman–Crippen LogP) is 3.94. The maximum Gasteiger partial charge on any atom is 0.262 e. The lowest BCUT2D eigenvalue weighted by atomic mass is 9.97. The van der Waals surface area contributed by atoms with Crippen LogP contribution < -0.4 is 19.5 Å². The summed E-state index contributed by atoms with van der Waals surface area (Å²) in [5.41, 5.74) is 4.37. The van der Waals surface area contributed by atoms with Crippen LogP contribution in [-0.4, -0.2) is 36.7 Å². The van der Waals surface area contributed by atoms with Crippen LogP contribution in [0.3, 0.4) is 0 Å². The molecule has 7 nitrogen and oxygen atoms in total. The van der Waals surface area contributed by atoms with Crippen molar-refractivity contribution in [1.29, 1.82) is 0 Å². The van der Waals surface area contributed by atoms with Crippen LogP contribution in [0.5, 0.6) is 17.2 Å². The van der Waals surface area contributed by atoms with Gasteiger partial charge in [-0.05, 0) is 43.2 Å². The molecule has 0 atom stereocenters.